The molecule has 0 radical (unpaired) electrons. The van der Waals surface area contributed by atoms with Gasteiger partial charge in [-0.3, -0.25) is 4.79 Å². The lowest BCUT2D eigenvalue weighted by Gasteiger charge is -2.15. The Morgan fingerprint density at radius 2 is 2.08 bits per heavy atom. The van der Waals surface area contributed by atoms with Crippen LogP contribution in [0.2, 0.25) is 5.02 Å². The van der Waals surface area contributed by atoms with Crippen LogP contribution in [0.15, 0.2) is 33.6 Å². The largest absolute Gasteiger partial charge is 0.464 e. The topological polar surface area (TPSA) is 74.3 Å². The molecule has 0 fully saturated rings. The molecule has 3 aromatic rings. The Morgan fingerprint density at radius 3 is 2.71 bits per heavy atom. The fourth-order valence-electron chi connectivity index (χ4n) is 2.68. The minimum Gasteiger partial charge on any atom is -0.464 e. The average molecular weight is 347 g/mol. The van der Waals surface area contributed by atoms with E-state index < -0.39 is 5.97 Å². The fourth-order valence-corrected chi connectivity index (χ4v) is 2.85. The van der Waals surface area contributed by atoms with Crippen molar-refractivity contribution in [3.05, 3.63) is 62.2 Å². The van der Waals surface area contributed by atoms with E-state index in [1.165, 1.54) is 13.2 Å². The number of pyridine rings is 1. The van der Waals surface area contributed by atoms with Crippen LogP contribution in [0.5, 0.6) is 0 Å². The predicted molar refractivity (Wildman–Crippen MR) is 89.6 cm³/mol. The highest BCUT2D eigenvalue weighted by Crippen LogP contribution is 2.22. The summed E-state index contributed by atoms with van der Waals surface area (Å²) in [6.07, 6.45) is 0. The van der Waals surface area contributed by atoms with Crippen molar-refractivity contribution in [2.75, 3.05) is 7.11 Å². The fraction of sp³-hybridized carbons (Fsp3) is 0.235. The van der Waals surface area contributed by atoms with Gasteiger partial charge in [0.05, 0.1) is 24.9 Å². The second kappa shape index (κ2) is 6.13. The van der Waals surface area contributed by atoms with Gasteiger partial charge >= 0.3 is 5.97 Å². The summed E-state index contributed by atoms with van der Waals surface area (Å²) in [5.74, 6) is 0.0693. The number of rotatable bonds is 3. The number of ether oxygens (including phenoxy) is 1. The summed E-state index contributed by atoms with van der Waals surface area (Å²) >= 11 is 6.00. The van der Waals surface area contributed by atoms with Crippen LogP contribution in [-0.2, 0) is 11.3 Å². The maximum absolute atomic E-state index is 12.4. The molecule has 124 valence electrons. The number of halogens is 1. The monoisotopic (exact) mass is 346 g/mol. The molecule has 0 atom stereocenters. The molecule has 2 aromatic heterocycles. The zero-order chi connectivity index (χ0) is 17.4. The van der Waals surface area contributed by atoms with Gasteiger partial charge in [0, 0.05) is 22.0 Å². The highest BCUT2D eigenvalue weighted by atomic mass is 35.5. The molecule has 0 bridgehead atoms. The molecule has 6 nitrogen and oxygen atoms in total. The number of hydrogen-bond donors (Lipinski definition) is 0. The van der Waals surface area contributed by atoms with Crippen LogP contribution in [0.3, 0.4) is 0 Å². The minimum atomic E-state index is -0.587. The Bertz CT molecular complexity index is 984. The summed E-state index contributed by atoms with van der Waals surface area (Å²) in [6.45, 7) is 3.95. The Labute approximate surface area is 142 Å². The lowest BCUT2D eigenvalue weighted by molar-refractivity contribution is 0.0588. The van der Waals surface area contributed by atoms with Gasteiger partial charge in [0.15, 0.2) is 5.43 Å². The van der Waals surface area contributed by atoms with Gasteiger partial charge in [-0.15, -0.1) is 0 Å². The molecule has 0 saturated heterocycles. The first-order valence-corrected chi connectivity index (χ1v) is 7.63. The van der Waals surface area contributed by atoms with Crippen molar-refractivity contribution in [1.29, 1.82) is 0 Å². The van der Waals surface area contributed by atoms with Gasteiger partial charge in [-0.2, -0.15) is 0 Å². The number of nitrogens with zero attached hydrogens (tertiary/aromatic N) is 2. The van der Waals surface area contributed by atoms with Crippen molar-refractivity contribution >= 4 is 28.5 Å². The van der Waals surface area contributed by atoms with E-state index in [1.807, 2.05) is 6.92 Å². The normalized spacial score (nSPS) is 11.0. The van der Waals surface area contributed by atoms with E-state index in [0.717, 1.165) is 11.3 Å². The molecular weight excluding hydrogens is 332 g/mol. The van der Waals surface area contributed by atoms with Gasteiger partial charge in [-0.1, -0.05) is 16.8 Å². The number of aryl methyl sites for hydroxylation is 2. The lowest BCUT2D eigenvalue weighted by atomic mass is 10.1. The van der Waals surface area contributed by atoms with Gasteiger partial charge in [0.25, 0.3) is 0 Å². The number of aromatic nitrogens is 2. The summed E-state index contributed by atoms with van der Waals surface area (Å²) in [5.41, 5.74) is 2.04. The Morgan fingerprint density at radius 1 is 1.33 bits per heavy atom. The quantitative estimate of drug-likeness (QED) is 0.681. The van der Waals surface area contributed by atoms with Crippen LogP contribution >= 0.6 is 11.6 Å². The van der Waals surface area contributed by atoms with E-state index in [0.29, 0.717) is 28.2 Å². The van der Waals surface area contributed by atoms with Crippen LogP contribution in [0.4, 0.5) is 0 Å². The predicted octanol–water partition coefficient (Wildman–Crippen LogP) is 3.09. The smallest absolute Gasteiger partial charge is 0.354 e. The van der Waals surface area contributed by atoms with Crippen molar-refractivity contribution in [2.24, 2.45) is 0 Å². The first kappa shape index (κ1) is 16.3. The first-order valence-electron chi connectivity index (χ1n) is 7.25. The summed E-state index contributed by atoms with van der Waals surface area (Å²) < 4.78 is 11.7. The highest BCUT2D eigenvalue weighted by Gasteiger charge is 2.19. The first-order chi connectivity index (χ1) is 11.4. The van der Waals surface area contributed by atoms with Gasteiger partial charge in [-0.25, -0.2) is 4.79 Å². The Kier molecular flexibility index (Phi) is 4.15. The number of methoxy groups -OCH3 is 1. The summed E-state index contributed by atoms with van der Waals surface area (Å²) in [6, 6.07) is 6.24. The second-order valence-electron chi connectivity index (χ2n) is 5.44. The van der Waals surface area contributed by atoms with E-state index >= 15 is 0 Å². The zero-order valence-corrected chi connectivity index (χ0v) is 14.2. The number of carbonyl (C=O) groups excluding carboxylic acids is 1. The van der Waals surface area contributed by atoms with E-state index in [2.05, 4.69) is 5.16 Å². The molecule has 0 spiro atoms. The second-order valence-corrected chi connectivity index (χ2v) is 5.87. The summed E-state index contributed by atoms with van der Waals surface area (Å²) in [7, 11) is 1.28. The van der Waals surface area contributed by atoms with E-state index in [-0.39, 0.29) is 11.1 Å². The molecule has 2 heterocycles. The molecule has 0 amide bonds. The third kappa shape index (κ3) is 2.69. The molecular formula is C17H15ClN2O4. The van der Waals surface area contributed by atoms with E-state index in [9.17, 15) is 9.59 Å². The number of hydrogen-bond acceptors (Lipinski definition) is 5. The zero-order valence-electron chi connectivity index (χ0n) is 13.4. The molecule has 0 aliphatic rings. The van der Waals surface area contributed by atoms with Crippen molar-refractivity contribution in [3.63, 3.8) is 0 Å². The number of esters is 1. The molecule has 24 heavy (non-hydrogen) atoms. The maximum Gasteiger partial charge on any atom is 0.354 e. The Hall–Kier alpha value is -2.60. The van der Waals surface area contributed by atoms with Crippen LogP contribution in [0.25, 0.3) is 10.9 Å². The van der Waals surface area contributed by atoms with Gasteiger partial charge in [-0.05, 0) is 32.0 Å². The molecule has 0 aliphatic carbocycles. The maximum atomic E-state index is 12.4. The van der Waals surface area contributed by atoms with Crippen LogP contribution < -0.4 is 5.43 Å². The molecule has 0 unspecified atom stereocenters. The van der Waals surface area contributed by atoms with Crippen molar-refractivity contribution in [3.8, 4) is 0 Å². The van der Waals surface area contributed by atoms with Gasteiger partial charge in [0.2, 0.25) is 0 Å². The number of benzene rings is 1. The lowest BCUT2D eigenvalue weighted by Crippen LogP contribution is -2.20. The number of carbonyl (C=O) groups is 1. The molecule has 0 N–H and O–H groups in total. The van der Waals surface area contributed by atoms with E-state index in [1.54, 1.807) is 29.7 Å². The summed E-state index contributed by atoms with van der Waals surface area (Å²) in [4.78, 5) is 24.5. The molecule has 0 aliphatic heterocycles. The molecule has 0 saturated carbocycles. The highest BCUT2D eigenvalue weighted by molar-refractivity contribution is 6.31. The Balaban J connectivity index is 2.32. The van der Waals surface area contributed by atoms with Crippen LogP contribution in [0.1, 0.15) is 27.5 Å². The standard InChI is InChI=1S/C17H15ClN2O4/c1-9-13(10(2)24-19-9)8-20-14-5-4-11(18)6-12(14)16(21)7-15(20)17(22)23-3/h4-7H,8H2,1-3H3. The summed E-state index contributed by atoms with van der Waals surface area (Å²) in [5, 5.41) is 4.82. The minimum absolute atomic E-state index is 0.164. The van der Waals surface area contributed by atoms with Gasteiger partial charge < -0.3 is 13.8 Å². The van der Waals surface area contributed by atoms with Crippen molar-refractivity contribution < 1.29 is 14.1 Å². The van der Waals surface area contributed by atoms with Crippen LogP contribution in [-0.4, -0.2) is 22.8 Å². The van der Waals surface area contributed by atoms with Crippen molar-refractivity contribution in [1.82, 2.24) is 9.72 Å². The van der Waals surface area contributed by atoms with E-state index in [4.69, 9.17) is 20.9 Å². The number of fused-ring (bicyclic) bond motifs is 1. The third-order valence-electron chi connectivity index (χ3n) is 3.97. The van der Waals surface area contributed by atoms with Gasteiger partial charge in [0.1, 0.15) is 11.5 Å². The van der Waals surface area contributed by atoms with Crippen LogP contribution in [0, 0.1) is 13.8 Å². The third-order valence-corrected chi connectivity index (χ3v) is 4.20. The molecule has 1 aromatic carbocycles. The molecule has 7 heteroatoms. The average Bonchev–Trinajstić information content (AvgIpc) is 2.88. The molecule has 3 rings (SSSR count). The van der Waals surface area contributed by atoms with Crippen molar-refractivity contribution in [2.45, 2.75) is 20.4 Å². The SMILES string of the molecule is COC(=O)c1cc(=O)c2cc(Cl)ccc2n1Cc1c(C)noc1C.